The van der Waals surface area contributed by atoms with Crippen molar-refractivity contribution in [2.24, 2.45) is 5.41 Å². The van der Waals surface area contributed by atoms with Crippen LogP contribution in [0, 0.1) is 11.2 Å². The third-order valence-corrected chi connectivity index (χ3v) is 9.66. The first-order chi connectivity index (χ1) is 17.3. The van der Waals surface area contributed by atoms with E-state index in [2.05, 4.69) is 0 Å². The van der Waals surface area contributed by atoms with Gasteiger partial charge in [-0.15, -0.1) is 11.8 Å². The average molecular weight is 559 g/mol. The summed E-state index contributed by atoms with van der Waals surface area (Å²) in [6.07, 6.45) is 2.14. The Labute approximate surface area is 218 Å². The molecule has 0 amide bonds. The molecule has 1 aliphatic carbocycles. The molecule has 1 saturated carbocycles. The summed E-state index contributed by atoms with van der Waals surface area (Å²) in [6, 6.07) is 7.74. The third-order valence-electron chi connectivity index (χ3n) is 6.97. The van der Waals surface area contributed by atoms with Gasteiger partial charge in [0.2, 0.25) is 15.9 Å². The number of carbonyl (C=O) groups is 1. The minimum atomic E-state index is -4.16. The van der Waals surface area contributed by atoms with E-state index in [0.29, 0.717) is 29.1 Å². The molecule has 2 aliphatic rings. The van der Waals surface area contributed by atoms with Crippen LogP contribution in [0.3, 0.4) is 0 Å². The van der Waals surface area contributed by atoms with Crippen LogP contribution in [0.15, 0.2) is 46.2 Å². The summed E-state index contributed by atoms with van der Waals surface area (Å²) < 4.78 is 75.7. The van der Waals surface area contributed by atoms with E-state index in [9.17, 15) is 31.5 Å². The molecule has 1 fully saturated rings. The molecule has 0 radical (unpaired) electrons. The molecule has 2 aromatic carbocycles. The highest BCUT2D eigenvalue weighted by molar-refractivity contribution is 7.98. The lowest BCUT2D eigenvalue weighted by Crippen LogP contribution is -2.41. The molecule has 4 rings (SSSR count). The normalized spacial score (nSPS) is 20.7. The number of rotatable bonds is 9. The number of halogens is 3. The zero-order chi connectivity index (χ0) is 27.2. The van der Waals surface area contributed by atoms with Crippen LogP contribution in [-0.2, 0) is 14.8 Å². The molecule has 7 nitrogen and oxygen atoms in total. The molecule has 0 spiro atoms. The van der Waals surface area contributed by atoms with E-state index in [1.54, 1.807) is 17.2 Å². The maximum Gasteiger partial charge on any atom is 0.313 e. The number of ether oxygens (including phenoxy) is 1. The summed E-state index contributed by atoms with van der Waals surface area (Å²) in [6.45, 7) is 0.768. The summed E-state index contributed by atoms with van der Waals surface area (Å²) in [5, 5.41) is 9.50. The number of anilines is 2. The van der Waals surface area contributed by atoms with E-state index in [1.807, 2.05) is 0 Å². The van der Waals surface area contributed by atoms with Crippen molar-refractivity contribution in [1.82, 2.24) is 4.31 Å². The number of benzene rings is 2. The molecule has 1 N–H and O–H groups in total. The first kappa shape index (κ1) is 27.6. The smallest absolute Gasteiger partial charge is 0.313 e. The second kappa shape index (κ2) is 10.0. The van der Waals surface area contributed by atoms with Gasteiger partial charge in [0.25, 0.3) is 0 Å². The maximum absolute atomic E-state index is 13.8. The largest absolute Gasteiger partial charge is 0.491 e. The number of aliphatic carboxylic acids is 1. The van der Waals surface area contributed by atoms with Crippen LogP contribution >= 0.6 is 11.8 Å². The minimum absolute atomic E-state index is 0.0700. The van der Waals surface area contributed by atoms with Crippen molar-refractivity contribution >= 4 is 39.1 Å². The molecule has 1 atom stereocenters. The van der Waals surface area contributed by atoms with Gasteiger partial charge in [-0.3, -0.25) is 4.79 Å². The van der Waals surface area contributed by atoms with Crippen LogP contribution in [0.5, 0.6) is 5.75 Å². The molecule has 2 aromatic rings. The predicted molar refractivity (Wildman–Crippen MR) is 135 cm³/mol. The lowest BCUT2D eigenvalue weighted by Gasteiger charge is -2.30. The van der Waals surface area contributed by atoms with Crippen molar-refractivity contribution in [3.63, 3.8) is 0 Å². The van der Waals surface area contributed by atoms with Gasteiger partial charge < -0.3 is 14.7 Å². The minimum Gasteiger partial charge on any atom is -0.491 e. The molecule has 0 unspecified atom stereocenters. The molecule has 1 aliphatic heterocycles. The Morgan fingerprint density at radius 3 is 2.43 bits per heavy atom. The van der Waals surface area contributed by atoms with Crippen LogP contribution < -0.4 is 9.64 Å². The van der Waals surface area contributed by atoms with E-state index in [1.165, 1.54) is 49.1 Å². The predicted octanol–water partition coefficient (Wildman–Crippen LogP) is 5.37. The first-order valence-corrected chi connectivity index (χ1v) is 14.4. The van der Waals surface area contributed by atoms with E-state index >= 15 is 0 Å². The van der Waals surface area contributed by atoms with Crippen LogP contribution in [0.1, 0.15) is 32.6 Å². The molecule has 1 heterocycles. The lowest BCUT2D eigenvalue weighted by molar-refractivity contribution is -0.144. The summed E-state index contributed by atoms with van der Waals surface area (Å²) in [7, 11) is -2.80. The number of hydrogen-bond donors (Lipinski definition) is 1. The number of carboxylic acids is 1. The van der Waals surface area contributed by atoms with Gasteiger partial charge in [0.15, 0.2) is 0 Å². The van der Waals surface area contributed by atoms with Gasteiger partial charge in [0, 0.05) is 37.8 Å². The number of hydrogen-bond acceptors (Lipinski definition) is 6. The molecule has 0 aromatic heterocycles. The van der Waals surface area contributed by atoms with E-state index in [4.69, 9.17) is 4.74 Å². The Morgan fingerprint density at radius 2 is 1.89 bits per heavy atom. The lowest BCUT2D eigenvalue weighted by atomic mass is 10.1. The fraction of sp³-hybridized carbons (Fsp3) is 0.480. The van der Waals surface area contributed by atoms with Crippen LogP contribution in [0.2, 0.25) is 0 Å². The van der Waals surface area contributed by atoms with Crippen LogP contribution in [0.4, 0.5) is 24.5 Å². The van der Waals surface area contributed by atoms with Crippen LogP contribution in [0.25, 0.3) is 0 Å². The Morgan fingerprint density at radius 1 is 1.24 bits per heavy atom. The fourth-order valence-corrected chi connectivity index (χ4v) is 6.45. The summed E-state index contributed by atoms with van der Waals surface area (Å²) in [4.78, 5) is 13.8. The quantitative estimate of drug-likeness (QED) is 0.414. The highest BCUT2D eigenvalue weighted by Gasteiger charge is 2.51. The van der Waals surface area contributed by atoms with Crippen molar-refractivity contribution in [3.05, 3.63) is 42.2 Å². The molecule has 0 saturated heterocycles. The van der Waals surface area contributed by atoms with Crippen molar-refractivity contribution in [1.29, 1.82) is 0 Å². The van der Waals surface area contributed by atoms with Crippen molar-refractivity contribution < 1.29 is 36.2 Å². The summed E-state index contributed by atoms with van der Waals surface area (Å²) in [5.74, 6) is -4.17. The van der Waals surface area contributed by atoms with Gasteiger partial charge in [0.1, 0.15) is 28.5 Å². The second-order valence-electron chi connectivity index (χ2n) is 9.72. The van der Waals surface area contributed by atoms with Gasteiger partial charge in [-0.1, -0.05) is 0 Å². The molecule has 37 heavy (non-hydrogen) atoms. The average Bonchev–Trinajstić information content (AvgIpc) is 3.64. The van der Waals surface area contributed by atoms with Crippen molar-refractivity contribution in [3.8, 4) is 5.75 Å². The summed E-state index contributed by atoms with van der Waals surface area (Å²) in [5.41, 5.74) is -0.167. The number of sulfonamides is 1. The Hall–Kier alpha value is -2.44. The maximum atomic E-state index is 13.8. The molecule has 12 heteroatoms. The van der Waals surface area contributed by atoms with Gasteiger partial charge in [0.05, 0.1) is 10.6 Å². The fourth-order valence-electron chi connectivity index (χ4n) is 4.34. The summed E-state index contributed by atoms with van der Waals surface area (Å²) >= 11 is 1.30. The van der Waals surface area contributed by atoms with Gasteiger partial charge in [-0.05, 0) is 62.8 Å². The number of carboxylic acid groups (broad SMARTS) is 1. The zero-order valence-corrected chi connectivity index (χ0v) is 22.3. The molecule has 202 valence electrons. The van der Waals surface area contributed by atoms with Crippen LogP contribution in [-0.4, -0.2) is 62.2 Å². The number of alkyl halides is 2. The van der Waals surface area contributed by atoms with Gasteiger partial charge >= 0.3 is 5.97 Å². The number of likely N-dealkylation sites (N-methyl/N-ethyl adjacent to an activating group) is 1. The van der Waals surface area contributed by atoms with E-state index < -0.39 is 45.6 Å². The highest BCUT2D eigenvalue weighted by Crippen LogP contribution is 2.48. The molecular formula is C25H29F3N2O5S2. The van der Waals surface area contributed by atoms with E-state index in [0.717, 1.165) is 11.2 Å². The van der Waals surface area contributed by atoms with Crippen molar-refractivity contribution in [2.75, 3.05) is 31.4 Å². The third kappa shape index (κ3) is 5.70. The number of nitrogens with zero attached hydrogens (tertiary/aromatic N) is 2. The molecule has 0 bridgehead atoms. The standard InChI is InChI=1S/C25H29F3N2O5S2/c1-24(27,28)9-8-18-14-30(17-6-4-16(26)5-7-17)19-12-21(36-3)20(13-22(19)37(33,34)29(18)2)35-15-25(10-11-25)23(31)32/h4-7,12-13,18H,8-11,14-15H2,1-3H3,(H,31,32)/t18-/m1/s1. The SMILES string of the molecule is CSc1cc2c(cc1OCC1(C(=O)O)CC1)S(=O)(=O)N(C)[C@H](CCC(C)(F)F)CN2c1ccc(F)cc1. The van der Waals surface area contributed by atoms with Gasteiger partial charge in [-0.25, -0.2) is 21.6 Å². The molecular weight excluding hydrogens is 529 g/mol. The Bertz CT molecular complexity index is 1280. The highest BCUT2D eigenvalue weighted by atomic mass is 32.2. The monoisotopic (exact) mass is 558 g/mol. The first-order valence-electron chi connectivity index (χ1n) is 11.7. The number of thioether (sulfide) groups is 1. The van der Waals surface area contributed by atoms with Crippen molar-refractivity contribution in [2.45, 2.75) is 54.4 Å². The number of fused-ring (bicyclic) bond motifs is 1. The second-order valence-corrected chi connectivity index (χ2v) is 12.5. The topological polar surface area (TPSA) is 87.1 Å². The van der Waals surface area contributed by atoms with Gasteiger partial charge in [-0.2, -0.15) is 4.31 Å². The van der Waals surface area contributed by atoms with E-state index in [-0.39, 0.29) is 30.2 Å². The Kier molecular flexibility index (Phi) is 7.48. The Balaban J connectivity index is 1.82. The zero-order valence-electron chi connectivity index (χ0n) is 20.7.